The molecule has 1 aromatic rings. The lowest BCUT2D eigenvalue weighted by Crippen LogP contribution is -2.14. The number of aliphatic imine (C=N–C) groups is 1. The van der Waals surface area contributed by atoms with Crippen LogP contribution in [0.5, 0.6) is 0 Å². The van der Waals surface area contributed by atoms with E-state index in [0.717, 1.165) is 0 Å². The number of hydrogen-bond donors (Lipinski definition) is 1. The molecule has 22 heavy (non-hydrogen) atoms. The molecule has 1 aliphatic carbocycles. The molecule has 0 heterocycles. The zero-order valence-electron chi connectivity index (χ0n) is 12.5. The molecule has 0 saturated heterocycles. The highest BCUT2D eigenvalue weighted by atomic mass is 16.5. The molecule has 0 aliphatic heterocycles. The van der Waals surface area contributed by atoms with E-state index in [0.29, 0.717) is 21.7 Å². The van der Waals surface area contributed by atoms with Crippen molar-refractivity contribution < 1.29 is 4.74 Å². The molecule has 1 N–H and O–H groups in total. The summed E-state index contributed by atoms with van der Waals surface area (Å²) in [5, 5.41) is 23.5. The van der Waals surface area contributed by atoms with Gasteiger partial charge in [0, 0.05) is 31.8 Å². The van der Waals surface area contributed by atoms with E-state index in [4.69, 9.17) is 0 Å². The van der Waals surface area contributed by atoms with Crippen LogP contribution in [0, 0.1) is 10.4 Å². The Hall–Kier alpha value is -2.86. The number of rotatable bonds is 4. The van der Waals surface area contributed by atoms with Crippen molar-refractivity contribution in [2.75, 3.05) is 19.6 Å². The second-order valence-electron chi connectivity index (χ2n) is 4.93. The first-order valence-corrected chi connectivity index (χ1v) is 6.64. The van der Waals surface area contributed by atoms with E-state index in [9.17, 15) is 10.4 Å². The summed E-state index contributed by atoms with van der Waals surface area (Å²) < 4.78 is 0.678. The highest BCUT2D eigenvalue weighted by Gasteiger charge is 2.18. The van der Waals surface area contributed by atoms with Crippen molar-refractivity contribution in [2.24, 2.45) is 4.99 Å². The van der Waals surface area contributed by atoms with Crippen molar-refractivity contribution in [1.82, 2.24) is 4.90 Å². The van der Waals surface area contributed by atoms with Crippen LogP contribution >= 0.6 is 0 Å². The summed E-state index contributed by atoms with van der Waals surface area (Å²) in [7, 11) is 3.71. The minimum atomic E-state index is 0.207. The molecule has 0 unspecified atom stereocenters. The quantitative estimate of drug-likeness (QED) is 0.305. The lowest BCUT2D eigenvalue weighted by Gasteiger charge is -2.16. The molecule has 0 fully saturated rings. The van der Waals surface area contributed by atoms with Crippen LogP contribution in [0.4, 0.5) is 11.4 Å². The van der Waals surface area contributed by atoms with Gasteiger partial charge >= 0.3 is 0 Å². The van der Waals surface area contributed by atoms with Gasteiger partial charge < -0.3 is 20.8 Å². The molecule has 0 saturated carbocycles. The third kappa shape index (κ3) is 3.42. The molecular formula is C16H17N4O2-. The van der Waals surface area contributed by atoms with Crippen molar-refractivity contribution in [3.8, 4) is 0 Å². The van der Waals surface area contributed by atoms with Crippen molar-refractivity contribution in [3.05, 3.63) is 70.8 Å². The third-order valence-corrected chi connectivity index (χ3v) is 2.96. The Kier molecular flexibility index (Phi) is 4.75. The smallest absolute Gasteiger partial charge is 0.239 e. The molecule has 0 spiro atoms. The number of para-hydroxylation sites is 2. The van der Waals surface area contributed by atoms with Crippen LogP contribution in [0.3, 0.4) is 0 Å². The molecule has 0 radical (unpaired) electrons. The Morgan fingerprint density at radius 2 is 2.00 bits per heavy atom. The van der Waals surface area contributed by atoms with Crippen LogP contribution in [0.1, 0.15) is 0 Å². The molecule has 0 bridgehead atoms. The van der Waals surface area contributed by atoms with Gasteiger partial charge in [-0.25, -0.2) is 4.99 Å². The Balaban J connectivity index is 2.47. The maximum absolute atomic E-state index is 12.6. The number of anilines is 1. The Labute approximate surface area is 129 Å². The van der Waals surface area contributed by atoms with Crippen molar-refractivity contribution in [1.29, 1.82) is 0 Å². The van der Waals surface area contributed by atoms with Gasteiger partial charge in [-0.2, -0.15) is 4.74 Å². The van der Waals surface area contributed by atoms with Crippen molar-refractivity contribution in [3.63, 3.8) is 0 Å². The highest BCUT2D eigenvalue weighted by molar-refractivity contribution is 6.09. The van der Waals surface area contributed by atoms with Gasteiger partial charge in [-0.05, 0) is 18.2 Å². The van der Waals surface area contributed by atoms with Crippen molar-refractivity contribution >= 4 is 23.4 Å². The van der Waals surface area contributed by atoms with E-state index in [-0.39, 0.29) is 11.4 Å². The minimum absolute atomic E-state index is 0.207. The maximum Gasteiger partial charge on any atom is 0.239 e. The van der Waals surface area contributed by atoms with E-state index in [1.807, 2.05) is 14.1 Å². The van der Waals surface area contributed by atoms with Gasteiger partial charge in [0.05, 0.1) is 17.7 Å². The molecule has 1 aliphatic rings. The fraction of sp³-hybridized carbons (Fsp3) is 0.125. The summed E-state index contributed by atoms with van der Waals surface area (Å²) in [6.07, 6.45) is 6.77. The van der Waals surface area contributed by atoms with Gasteiger partial charge in [-0.15, -0.1) is 0 Å². The summed E-state index contributed by atoms with van der Waals surface area (Å²) in [6.45, 7) is 3.86. The Morgan fingerprint density at radius 1 is 1.27 bits per heavy atom. The zero-order valence-corrected chi connectivity index (χ0v) is 12.5. The van der Waals surface area contributed by atoms with E-state index in [2.05, 4.69) is 11.6 Å². The minimum Gasteiger partial charge on any atom is -0.761 e. The first-order chi connectivity index (χ1) is 10.5. The summed E-state index contributed by atoms with van der Waals surface area (Å²) >= 11 is 0. The molecule has 0 aromatic heterocycles. The van der Waals surface area contributed by atoms with Gasteiger partial charge in [0.25, 0.3) is 0 Å². The fourth-order valence-electron chi connectivity index (χ4n) is 1.87. The number of nitrogens with one attached hydrogen (secondary N) is 1. The van der Waals surface area contributed by atoms with E-state index < -0.39 is 0 Å². The van der Waals surface area contributed by atoms with E-state index >= 15 is 0 Å². The lowest BCUT2D eigenvalue weighted by atomic mass is 10.1. The van der Waals surface area contributed by atoms with Crippen LogP contribution in [-0.4, -0.2) is 35.8 Å². The van der Waals surface area contributed by atoms with Gasteiger partial charge in [-0.3, -0.25) is 0 Å². The normalized spacial score (nSPS) is 16.7. The van der Waals surface area contributed by atoms with Crippen LogP contribution in [0.2, 0.25) is 0 Å². The second kappa shape index (κ2) is 6.73. The summed E-state index contributed by atoms with van der Waals surface area (Å²) in [6, 6.07) is 6.49. The van der Waals surface area contributed by atoms with Crippen LogP contribution in [0.25, 0.3) is 0 Å². The molecule has 0 amide bonds. The number of hydrogen-bond acceptors (Lipinski definition) is 4. The molecule has 6 heteroatoms. The number of allylic oxidation sites excluding steroid dienone is 4. The molecule has 114 valence electrons. The highest BCUT2D eigenvalue weighted by Crippen LogP contribution is 2.25. The molecular weight excluding hydrogens is 280 g/mol. The molecule has 2 rings (SSSR count). The monoisotopic (exact) mass is 297 g/mol. The van der Waals surface area contributed by atoms with Gasteiger partial charge in [0.15, 0.2) is 0 Å². The maximum atomic E-state index is 12.6. The zero-order chi connectivity index (χ0) is 16.1. The molecule has 1 aromatic carbocycles. The summed E-state index contributed by atoms with van der Waals surface area (Å²) in [4.78, 5) is 6.05. The predicted molar refractivity (Wildman–Crippen MR) is 90.3 cm³/mol. The van der Waals surface area contributed by atoms with Crippen LogP contribution < -0.4 is 5.48 Å². The third-order valence-electron chi connectivity index (χ3n) is 2.96. The average Bonchev–Trinajstić information content (AvgIpc) is 2.53. The number of nitrogens with zero attached hydrogens (tertiary/aromatic N) is 3. The largest absolute Gasteiger partial charge is 0.761 e. The van der Waals surface area contributed by atoms with Gasteiger partial charge in [-0.1, -0.05) is 18.7 Å². The van der Waals surface area contributed by atoms with Crippen LogP contribution in [-0.2, 0) is 0 Å². The van der Waals surface area contributed by atoms with Gasteiger partial charge in [0.2, 0.25) is 11.4 Å². The van der Waals surface area contributed by atoms with E-state index in [1.165, 1.54) is 0 Å². The standard InChI is InChI=1S/C16H17N4O2/c1-12-8-9-13(17-11-19(2)3)10-16(12)20(22)15-7-5-4-6-14(15)18-21/h4-11,18H,1H2,2-3H3/q-1/b17-11?,20-16+. The lowest BCUT2D eigenvalue weighted by molar-refractivity contribution is -0.358. The van der Waals surface area contributed by atoms with Crippen LogP contribution in [0.15, 0.2) is 65.3 Å². The molecule has 0 atom stereocenters. The first kappa shape index (κ1) is 15.5. The SMILES string of the molecule is C=C1C=CC(N=CN(C)C)=C/C1=[N+](\[O-])c1ccccc1N[O-]. The second-order valence-corrected chi connectivity index (χ2v) is 4.93. The van der Waals surface area contributed by atoms with E-state index in [1.54, 1.807) is 59.2 Å². The fourth-order valence-corrected chi connectivity index (χ4v) is 1.87. The Bertz CT molecular complexity index is 700. The Morgan fingerprint density at radius 3 is 2.68 bits per heavy atom. The summed E-state index contributed by atoms with van der Waals surface area (Å²) in [5.41, 5.74) is 3.74. The average molecular weight is 297 g/mol. The topological polar surface area (TPSA) is 76.8 Å². The molecule has 6 nitrogen and oxygen atoms in total. The van der Waals surface area contributed by atoms with Gasteiger partial charge in [0.1, 0.15) is 0 Å². The predicted octanol–water partition coefficient (Wildman–Crippen LogP) is 2.78. The summed E-state index contributed by atoms with van der Waals surface area (Å²) in [5.74, 6) is 0. The number of benzene rings is 1. The van der Waals surface area contributed by atoms with Crippen molar-refractivity contribution in [2.45, 2.75) is 0 Å². The first-order valence-electron chi connectivity index (χ1n) is 6.64.